The number of hydrogen-bond donors (Lipinski definition) is 1. The Labute approximate surface area is 129 Å². The summed E-state index contributed by atoms with van der Waals surface area (Å²) in [6.07, 6.45) is -0.175. The van der Waals surface area contributed by atoms with Gasteiger partial charge in [0.15, 0.2) is 11.6 Å². The second kappa shape index (κ2) is 5.76. The maximum Gasteiger partial charge on any atom is 0.410 e. The maximum absolute atomic E-state index is 13.6. The van der Waals surface area contributed by atoms with Crippen molar-refractivity contribution in [2.75, 3.05) is 20.2 Å². The van der Waals surface area contributed by atoms with Crippen molar-refractivity contribution in [2.45, 2.75) is 38.4 Å². The molecule has 1 heterocycles. The number of ether oxygens (including phenoxy) is 2. The van der Waals surface area contributed by atoms with Gasteiger partial charge in [-0.05, 0) is 38.5 Å². The highest BCUT2D eigenvalue weighted by Gasteiger charge is 2.45. The summed E-state index contributed by atoms with van der Waals surface area (Å²) in [6, 6.07) is 4.57. The first-order valence-electron chi connectivity index (χ1n) is 7.15. The minimum atomic E-state index is -1.04. The van der Waals surface area contributed by atoms with E-state index >= 15 is 0 Å². The van der Waals surface area contributed by atoms with E-state index in [-0.39, 0.29) is 25.3 Å². The van der Waals surface area contributed by atoms with Crippen LogP contribution in [0, 0.1) is 5.82 Å². The van der Waals surface area contributed by atoms with Gasteiger partial charge in [0.1, 0.15) is 11.2 Å². The first kappa shape index (κ1) is 16.5. The molecule has 1 aromatic carbocycles. The fourth-order valence-corrected chi connectivity index (χ4v) is 2.43. The molecule has 0 atom stereocenters. The zero-order valence-corrected chi connectivity index (χ0v) is 13.4. The van der Waals surface area contributed by atoms with Crippen LogP contribution in [-0.4, -0.2) is 47.5 Å². The lowest BCUT2D eigenvalue weighted by atomic mass is 9.87. The molecule has 1 fully saturated rings. The van der Waals surface area contributed by atoms with Crippen LogP contribution in [0.4, 0.5) is 9.18 Å². The predicted molar refractivity (Wildman–Crippen MR) is 79.4 cm³/mol. The molecule has 6 heteroatoms. The van der Waals surface area contributed by atoms with Gasteiger partial charge in [-0.2, -0.15) is 0 Å². The van der Waals surface area contributed by atoms with Gasteiger partial charge < -0.3 is 19.5 Å². The Morgan fingerprint density at radius 2 is 2.05 bits per heavy atom. The van der Waals surface area contributed by atoms with Gasteiger partial charge in [0.05, 0.1) is 20.2 Å². The zero-order valence-electron chi connectivity index (χ0n) is 13.4. The molecule has 1 aromatic rings. The fourth-order valence-electron chi connectivity index (χ4n) is 2.43. The van der Waals surface area contributed by atoms with Crippen LogP contribution in [0.5, 0.6) is 5.75 Å². The van der Waals surface area contributed by atoms with E-state index in [1.165, 1.54) is 24.1 Å². The number of aliphatic hydroxyl groups is 1. The van der Waals surface area contributed by atoms with Crippen molar-refractivity contribution < 1.29 is 23.8 Å². The van der Waals surface area contributed by atoms with Crippen LogP contribution < -0.4 is 4.74 Å². The van der Waals surface area contributed by atoms with E-state index in [0.29, 0.717) is 5.56 Å². The molecule has 5 nitrogen and oxygen atoms in total. The van der Waals surface area contributed by atoms with Crippen molar-refractivity contribution in [1.82, 2.24) is 4.90 Å². The van der Waals surface area contributed by atoms with Crippen LogP contribution in [0.2, 0.25) is 0 Å². The number of methoxy groups -OCH3 is 1. The molecule has 22 heavy (non-hydrogen) atoms. The largest absolute Gasteiger partial charge is 0.494 e. The Balaban J connectivity index is 1.93. The number of likely N-dealkylation sites (tertiary alicyclic amines) is 1. The number of nitrogens with zero attached hydrogens (tertiary/aromatic N) is 1. The summed E-state index contributed by atoms with van der Waals surface area (Å²) in [5, 5.41) is 10.4. The molecule has 1 N–H and O–H groups in total. The number of halogens is 1. The fraction of sp³-hybridized carbons (Fsp3) is 0.562. The van der Waals surface area contributed by atoms with Gasteiger partial charge in [-0.25, -0.2) is 9.18 Å². The van der Waals surface area contributed by atoms with E-state index in [2.05, 4.69) is 0 Å². The quantitative estimate of drug-likeness (QED) is 0.931. The van der Waals surface area contributed by atoms with Crippen LogP contribution in [0.15, 0.2) is 18.2 Å². The summed E-state index contributed by atoms with van der Waals surface area (Å²) in [7, 11) is 1.40. The summed E-state index contributed by atoms with van der Waals surface area (Å²) < 4.78 is 23.7. The molecule has 1 saturated heterocycles. The highest BCUT2D eigenvalue weighted by molar-refractivity contribution is 5.69. The van der Waals surface area contributed by atoms with Gasteiger partial charge in [0.25, 0.3) is 0 Å². The Morgan fingerprint density at radius 1 is 1.41 bits per heavy atom. The smallest absolute Gasteiger partial charge is 0.410 e. The van der Waals surface area contributed by atoms with Gasteiger partial charge in [-0.3, -0.25) is 0 Å². The highest BCUT2D eigenvalue weighted by Crippen LogP contribution is 2.28. The number of carbonyl (C=O) groups is 1. The Bertz CT molecular complexity index is 562. The van der Waals surface area contributed by atoms with E-state index in [9.17, 15) is 14.3 Å². The third-order valence-corrected chi connectivity index (χ3v) is 3.37. The van der Waals surface area contributed by atoms with Gasteiger partial charge in [0.2, 0.25) is 0 Å². The van der Waals surface area contributed by atoms with E-state index in [1.807, 2.05) is 0 Å². The first-order chi connectivity index (χ1) is 10.1. The zero-order chi connectivity index (χ0) is 16.5. The lowest BCUT2D eigenvalue weighted by Crippen LogP contribution is -2.65. The standard InChI is InChI=1S/C16H22FNO4/c1-15(2,3)22-14(19)18-9-16(20,10-18)8-11-5-6-13(21-4)12(17)7-11/h5-7,20H,8-10H2,1-4H3. The third-order valence-electron chi connectivity index (χ3n) is 3.37. The lowest BCUT2D eigenvalue weighted by Gasteiger charge is -2.46. The summed E-state index contributed by atoms with van der Waals surface area (Å²) in [5.41, 5.74) is -0.952. The molecule has 1 aliphatic rings. The van der Waals surface area contributed by atoms with Crippen LogP contribution in [0.3, 0.4) is 0 Å². The Kier molecular flexibility index (Phi) is 4.33. The molecular weight excluding hydrogens is 289 g/mol. The molecule has 0 radical (unpaired) electrons. The van der Waals surface area contributed by atoms with Crippen molar-refractivity contribution in [3.8, 4) is 5.75 Å². The maximum atomic E-state index is 13.6. The minimum Gasteiger partial charge on any atom is -0.494 e. The normalized spacial score (nSPS) is 16.9. The number of hydrogen-bond acceptors (Lipinski definition) is 4. The summed E-state index contributed by atoms with van der Waals surface area (Å²) in [4.78, 5) is 13.3. The van der Waals surface area contributed by atoms with Crippen molar-refractivity contribution in [1.29, 1.82) is 0 Å². The molecule has 0 bridgehead atoms. The topological polar surface area (TPSA) is 59.0 Å². The number of carbonyl (C=O) groups excluding carboxylic acids is 1. The highest BCUT2D eigenvalue weighted by atomic mass is 19.1. The van der Waals surface area contributed by atoms with Crippen LogP contribution in [0.25, 0.3) is 0 Å². The lowest BCUT2D eigenvalue weighted by molar-refractivity contribution is -0.0973. The third kappa shape index (κ3) is 3.88. The SMILES string of the molecule is COc1ccc(CC2(O)CN(C(=O)OC(C)(C)C)C2)cc1F. The van der Waals surface area contributed by atoms with Crippen LogP contribution in [0.1, 0.15) is 26.3 Å². The second-order valence-corrected chi connectivity index (χ2v) is 6.71. The molecule has 0 spiro atoms. The van der Waals surface area contributed by atoms with Crippen molar-refractivity contribution in [3.63, 3.8) is 0 Å². The van der Waals surface area contributed by atoms with Gasteiger partial charge >= 0.3 is 6.09 Å². The number of rotatable bonds is 3. The molecule has 1 amide bonds. The van der Waals surface area contributed by atoms with E-state index in [4.69, 9.17) is 9.47 Å². The summed E-state index contributed by atoms with van der Waals surface area (Å²) >= 11 is 0. The Morgan fingerprint density at radius 3 is 2.55 bits per heavy atom. The van der Waals surface area contributed by atoms with Crippen LogP contribution in [-0.2, 0) is 11.2 Å². The van der Waals surface area contributed by atoms with Gasteiger partial charge in [-0.15, -0.1) is 0 Å². The van der Waals surface area contributed by atoms with Gasteiger partial charge in [0, 0.05) is 6.42 Å². The summed E-state index contributed by atoms with van der Waals surface area (Å²) in [5.74, 6) is -0.299. The minimum absolute atomic E-state index is 0.166. The average molecular weight is 311 g/mol. The number of β-amino-alcohol motifs (C(OH)–C–C–N with tert-alkyl or cyclic N) is 1. The van der Waals surface area contributed by atoms with Crippen molar-refractivity contribution in [2.24, 2.45) is 0 Å². The molecule has 122 valence electrons. The van der Waals surface area contributed by atoms with Gasteiger partial charge in [-0.1, -0.05) is 6.07 Å². The second-order valence-electron chi connectivity index (χ2n) is 6.71. The van der Waals surface area contributed by atoms with E-state index in [1.54, 1.807) is 26.8 Å². The molecule has 0 saturated carbocycles. The van der Waals surface area contributed by atoms with Crippen molar-refractivity contribution in [3.05, 3.63) is 29.6 Å². The molecule has 0 unspecified atom stereocenters. The summed E-state index contributed by atoms with van der Waals surface area (Å²) in [6.45, 7) is 5.72. The molecular formula is C16H22FNO4. The van der Waals surface area contributed by atoms with E-state index < -0.39 is 23.1 Å². The Hall–Kier alpha value is -1.82. The predicted octanol–water partition coefficient (Wildman–Crippen LogP) is 2.36. The molecule has 0 aliphatic carbocycles. The average Bonchev–Trinajstić information content (AvgIpc) is 2.34. The monoisotopic (exact) mass is 311 g/mol. The van der Waals surface area contributed by atoms with Crippen molar-refractivity contribution >= 4 is 6.09 Å². The van der Waals surface area contributed by atoms with Crippen LogP contribution >= 0.6 is 0 Å². The van der Waals surface area contributed by atoms with E-state index in [0.717, 1.165) is 0 Å². The number of amides is 1. The molecule has 0 aromatic heterocycles. The molecule has 1 aliphatic heterocycles. The number of benzene rings is 1. The molecule has 2 rings (SSSR count). The first-order valence-corrected chi connectivity index (χ1v) is 7.15.